The Morgan fingerprint density at radius 2 is 1.96 bits per heavy atom. The first-order valence-electron chi connectivity index (χ1n) is 7.53. The van der Waals surface area contributed by atoms with Crippen LogP contribution in [0.5, 0.6) is 0 Å². The Balaban J connectivity index is 1.66. The lowest BCUT2D eigenvalue weighted by Gasteiger charge is -2.06. The molecule has 2 aromatic carbocycles. The molecule has 6 nitrogen and oxygen atoms in total. The highest BCUT2D eigenvalue weighted by molar-refractivity contribution is 7.88. The van der Waals surface area contributed by atoms with Gasteiger partial charge in [-0.2, -0.15) is 4.98 Å². The van der Waals surface area contributed by atoms with E-state index in [0.29, 0.717) is 16.4 Å². The Morgan fingerprint density at radius 3 is 2.72 bits per heavy atom. The molecule has 130 valence electrons. The third kappa shape index (κ3) is 4.66. The van der Waals surface area contributed by atoms with E-state index in [1.165, 1.54) is 0 Å². The molecule has 1 N–H and O–H groups in total. The van der Waals surface area contributed by atoms with Gasteiger partial charge in [-0.25, -0.2) is 13.1 Å². The van der Waals surface area contributed by atoms with E-state index in [9.17, 15) is 8.42 Å². The van der Waals surface area contributed by atoms with Crippen LogP contribution in [0.2, 0.25) is 5.02 Å². The summed E-state index contributed by atoms with van der Waals surface area (Å²) in [6, 6.07) is 14.5. The summed E-state index contributed by atoms with van der Waals surface area (Å²) in [5, 5.41) is 4.29. The predicted molar refractivity (Wildman–Crippen MR) is 95.4 cm³/mol. The van der Waals surface area contributed by atoms with Crippen LogP contribution in [0, 0.1) is 6.92 Å². The minimum Gasteiger partial charge on any atom is -0.338 e. The number of nitrogens with one attached hydrogen (secondary N) is 1. The predicted octanol–water partition coefficient (Wildman–Crippen LogP) is 3.32. The molecule has 0 aliphatic heterocycles. The molecule has 0 aliphatic rings. The molecular weight excluding hydrogens is 362 g/mol. The average Bonchev–Trinajstić information content (AvgIpc) is 3.04. The Kier molecular flexibility index (Phi) is 5.17. The number of benzene rings is 2. The highest BCUT2D eigenvalue weighted by atomic mass is 35.5. The van der Waals surface area contributed by atoms with Crippen molar-refractivity contribution in [3.8, 4) is 11.4 Å². The van der Waals surface area contributed by atoms with E-state index in [-0.39, 0.29) is 18.2 Å². The van der Waals surface area contributed by atoms with Gasteiger partial charge < -0.3 is 4.52 Å². The first kappa shape index (κ1) is 17.6. The number of nitrogens with zero attached hydrogens (tertiary/aromatic N) is 2. The maximum Gasteiger partial charge on any atom is 0.242 e. The van der Waals surface area contributed by atoms with Crippen molar-refractivity contribution < 1.29 is 12.9 Å². The van der Waals surface area contributed by atoms with Crippen molar-refractivity contribution in [2.45, 2.75) is 19.2 Å². The summed E-state index contributed by atoms with van der Waals surface area (Å²) in [6.07, 6.45) is 0. The number of hydrogen-bond donors (Lipinski definition) is 1. The van der Waals surface area contributed by atoms with Gasteiger partial charge in [0.25, 0.3) is 0 Å². The smallest absolute Gasteiger partial charge is 0.242 e. The number of rotatable bonds is 6. The molecule has 0 unspecified atom stereocenters. The Morgan fingerprint density at radius 1 is 1.16 bits per heavy atom. The maximum atomic E-state index is 12.2. The van der Waals surface area contributed by atoms with E-state index in [1.54, 1.807) is 24.3 Å². The average molecular weight is 378 g/mol. The lowest BCUT2D eigenvalue weighted by Crippen LogP contribution is -2.25. The number of hydrogen-bond acceptors (Lipinski definition) is 5. The number of halogens is 1. The molecule has 1 aromatic heterocycles. The highest BCUT2D eigenvalue weighted by Crippen LogP contribution is 2.18. The third-order valence-corrected chi connectivity index (χ3v) is 5.13. The second kappa shape index (κ2) is 7.35. The first-order chi connectivity index (χ1) is 11.9. The van der Waals surface area contributed by atoms with Gasteiger partial charge in [0.1, 0.15) is 0 Å². The molecule has 0 fully saturated rings. The number of aromatic nitrogens is 2. The van der Waals surface area contributed by atoms with Crippen LogP contribution in [-0.4, -0.2) is 18.6 Å². The fourth-order valence-electron chi connectivity index (χ4n) is 2.27. The molecule has 0 radical (unpaired) electrons. The standard InChI is InChI=1S/C17H16ClN3O3S/c1-12-5-4-7-13(9-12)17-20-16(24-21-17)10-19-25(22,23)11-14-6-2-3-8-15(14)18/h2-9,19H,10-11H2,1H3. The van der Waals surface area contributed by atoms with E-state index in [1.807, 2.05) is 31.2 Å². The monoisotopic (exact) mass is 377 g/mol. The Bertz CT molecular complexity index is 986. The van der Waals surface area contributed by atoms with Crippen LogP contribution in [0.1, 0.15) is 17.0 Å². The third-order valence-electron chi connectivity index (χ3n) is 3.49. The summed E-state index contributed by atoms with van der Waals surface area (Å²) < 4.78 is 31.9. The SMILES string of the molecule is Cc1cccc(-c2noc(CNS(=O)(=O)Cc3ccccc3Cl)n2)c1. The molecule has 0 amide bonds. The number of sulfonamides is 1. The molecule has 0 saturated carbocycles. The zero-order valence-corrected chi connectivity index (χ0v) is 15.0. The van der Waals surface area contributed by atoms with Crippen molar-refractivity contribution in [3.63, 3.8) is 0 Å². The van der Waals surface area contributed by atoms with Gasteiger partial charge in [-0.3, -0.25) is 0 Å². The molecule has 0 spiro atoms. The van der Waals surface area contributed by atoms with Crippen molar-refractivity contribution in [3.05, 3.63) is 70.6 Å². The van der Waals surface area contributed by atoms with Crippen molar-refractivity contribution in [2.24, 2.45) is 0 Å². The van der Waals surface area contributed by atoms with Gasteiger partial charge >= 0.3 is 0 Å². The van der Waals surface area contributed by atoms with Gasteiger partial charge in [0.15, 0.2) is 0 Å². The summed E-state index contributed by atoms with van der Waals surface area (Å²) in [5.74, 6) is 0.397. The van der Waals surface area contributed by atoms with Crippen molar-refractivity contribution in [1.29, 1.82) is 0 Å². The molecular formula is C17H16ClN3O3S. The van der Waals surface area contributed by atoms with Crippen molar-refractivity contribution >= 4 is 21.6 Å². The van der Waals surface area contributed by atoms with Crippen LogP contribution in [0.3, 0.4) is 0 Å². The van der Waals surface area contributed by atoms with E-state index < -0.39 is 10.0 Å². The quantitative estimate of drug-likeness (QED) is 0.712. The Hall–Kier alpha value is -2.22. The summed E-state index contributed by atoms with van der Waals surface area (Å²) >= 11 is 6.00. The zero-order chi connectivity index (χ0) is 17.9. The maximum absolute atomic E-state index is 12.2. The first-order valence-corrected chi connectivity index (χ1v) is 9.56. The summed E-state index contributed by atoms with van der Waals surface area (Å²) in [7, 11) is -3.58. The summed E-state index contributed by atoms with van der Waals surface area (Å²) in [6.45, 7) is 1.89. The number of aryl methyl sites for hydroxylation is 1. The minimum atomic E-state index is -3.58. The van der Waals surface area contributed by atoms with E-state index >= 15 is 0 Å². The van der Waals surface area contributed by atoms with Crippen LogP contribution < -0.4 is 4.72 Å². The lowest BCUT2D eigenvalue weighted by atomic mass is 10.1. The fraction of sp³-hybridized carbons (Fsp3) is 0.176. The zero-order valence-electron chi connectivity index (χ0n) is 13.4. The summed E-state index contributed by atoms with van der Waals surface area (Å²) in [4.78, 5) is 4.22. The van der Waals surface area contributed by atoms with E-state index in [4.69, 9.17) is 16.1 Å². The van der Waals surface area contributed by atoms with Crippen LogP contribution in [-0.2, 0) is 22.3 Å². The van der Waals surface area contributed by atoms with Crippen molar-refractivity contribution in [2.75, 3.05) is 0 Å². The van der Waals surface area contributed by atoms with Gasteiger partial charge in [-0.15, -0.1) is 0 Å². The topological polar surface area (TPSA) is 85.1 Å². The molecule has 1 heterocycles. The normalized spacial score (nSPS) is 11.6. The highest BCUT2D eigenvalue weighted by Gasteiger charge is 2.16. The fourth-order valence-corrected chi connectivity index (χ4v) is 3.66. The van der Waals surface area contributed by atoms with Gasteiger partial charge in [-0.1, -0.05) is 58.7 Å². The molecule has 0 aliphatic carbocycles. The second-order valence-electron chi connectivity index (χ2n) is 5.55. The van der Waals surface area contributed by atoms with E-state index in [0.717, 1.165) is 11.1 Å². The molecule has 3 aromatic rings. The van der Waals surface area contributed by atoms with Crippen LogP contribution in [0.15, 0.2) is 53.1 Å². The molecule has 8 heteroatoms. The van der Waals surface area contributed by atoms with Gasteiger partial charge in [0.05, 0.1) is 12.3 Å². The molecule has 0 bridgehead atoms. The van der Waals surface area contributed by atoms with Gasteiger partial charge in [0.2, 0.25) is 21.7 Å². The molecule has 3 rings (SSSR count). The largest absolute Gasteiger partial charge is 0.338 e. The minimum absolute atomic E-state index is 0.0778. The lowest BCUT2D eigenvalue weighted by molar-refractivity contribution is 0.376. The van der Waals surface area contributed by atoms with Gasteiger partial charge in [0, 0.05) is 10.6 Å². The molecule has 0 saturated heterocycles. The molecule has 0 atom stereocenters. The van der Waals surface area contributed by atoms with Crippen molar-refractivity contribution in [1.82, 2.24) is 14.9 Å². The Labute approximate surface area is 150 Å². The second-order valence-corrected chi connectivity index (χ2v) is 7.77. The molecule has 25 heavy (non-hydrogen) atoms. The van der Waals surface area contributed by atoms with Crippen LogP contribution in [0.25, 0.3) is 11.4 Å². The van der Waals surface area contributed by atoms with Gasteiger partial charge in [-0.05, 0) is 24.6 Å². The van der Waals surface area contributed by atoms with Crippen LogP contribution >= 0.6 is 11.6 Å². The van der Waals surface area contributed by atoms with E-state index in [2.05, 4.69) is 14.9 Å². The van der Waals surface area contributed by atoms with Crippen LogP contribution in [0.4, 0.5) is 0 Å². The summed E-state index contributed by atoms with van der Waals surface area (Å²) in [5.41, 5.74) is 2.42.